The molecular weight excluding hydrogens is 258 g/mol. The maximum Gasteiger partial charge on any atom is 0.272 e. The molecule has 2 N–H and O–H groups in total. The zero-order valence-corrected chi connectivity index (χ0v) is 11.5. The molecule has 1 amide bonds. The molecule has 6 nitrogen and oxygen atoms in total. The summed E-state index contributed by atoms with van der Waals surface area (Å²) in [6.45, 7) is 2.90. The third-order valence-electron chi connectivity index (χ3n) is 3.69. The van der Waals surface area contributed by atoms with Gasteiger partial charge in [0.15, 0.2) is 0 Å². The lowest BCUT2D eigenvalue weighted by atomic mass is 10.0. The number of benzene rings is 1. The molecule has 0 unspecified atom stereocenters. The first kappa shape index (κ1) is 14.5. The lowest BCUT2D eigenvalue weighted by Crippen LogP contribution is -2.46. The smallest absolute Gasteiger partial charge is 0.272 e. The highest BCUT2D eigenvalue weighted by Gasteiger charge is 2.20. The molecule has 0 aliphatic carbocycles. The monoisotopic (exact) mass is 277 g/mol. The van der Waals surface area contributed by atoms with Gasteiger partial charge in [0.1, 0.15) is 0 Å². The van der Waals surface area contributed by atoms with E-state index in [1.165, 1.54) is 6.07 Å². The van der Waals surface area contributed by atoms with Crippen molar-refractivity contribution in [3.8, 4) is 0 Å². The number of nitro groups is 1. The number of nitrogens with zero attached hydrogens (tertiary/aromatic N) is 1. The minimum Gasteiger partial charge on any atom is -0.351 e. The van der Waals surface area contributed by atoms with E-state index in [4.69, 9.17) is 0 Å². The van der Waals surface area contributed by atoms with Crippen molar-refractivity contribution in [3.63, 3.8) is 0 Å². The van der Waals surface area contributed by atoms with E-state index in [1.807, 2.05) is 0 Å². The summed E-state index contributed by atoms with van der Waals surface area (Å²) in [6, 6.07) is 4.79. The Bertz CT molecular complexity index is 510. The molecule has 1 aliphatic heterocycles. The van der Waals surface area contributed by atoms with Crippen LogP contribution in [0, 0.1) is 17.0 Å². The van der Waals surface area contributed by atoms with Crippen LogP contribution in [0.15, 0.2) is 18.2 Å². The Morgan fingerprint density at radius 1 is 1.50 bits per heavy atom. The average Bonchev–Trinajstić information content (AvgIpc) is 2.46. The number of nitrogens with one attached hydrogen (secondary N) is 2. The molecule has 0 spiro atoms. The summed E-state index contributed by atoms with van der Waals surface area (Å²) < 4.78 is 0. The van der Waals surface area contributed by atoms with Crippen molar-refractivity contribution in [1.29, 1.82) is 0 Å². The minimum absolute atomic E-state index is 0.0318. The summed E-state index contributed by atoms with van der Waals surface area (Å²) in [7, 11) is 0. The van der Waals surface area contributed by atoms with E-state index in [0.717, 1.165) is 31.4 Å². The Morgan fingerprint density at radius 2 is 2.30 bits per heavy atom. The van der Waals surface area contributed by atoms with E-state index in [-0.39, 0.29) is 17.6 Å². The van der Waals surface area contributed by atoms with Crippen molar-refractivity contribution in [3.05, 3.63) is 39.4 Å². The lowest BCUT2D eigenvalue weighted by molar-refractivity contribution is -0.385. The van der Waals surface area contributed by atoms with Crippen molar-refractivity contribution >= 4 is 11.6 Å². The third kappa shape index (κ3) is 3.33. The average molecular weight is 277 g/mol. The fourth-order valence-corrected chi connectivity index (χ4v) is 2.44. The van der Waals surface area contributed by atoms with Crippen molar-refractivity contribution in [2.24, 2.45) is 0 Å². The molecule has 1 saturated heterocycles. The number of carbonyl (C=O) groups excluding carboxylic acids is 1. The predicted molar refractivity (Wildman–Crippen MR) is 75.3 cm³/mol. The van der Waals surface area contributed by atoms with Crippen LogP contribution in [0.25, 0.3) is 0 Å². The van der Waals surface area contributed by atoms with Gasteiger partial charge < -0.3 is 10.6 Å². The van der Waals surface area contributed by atoms with E-state index in [2.05, 4.69) is 10.6 Å². The first-order chi connectivity index (χ1) is 9.59. The van der Waals surface area contributed by atoms with Gasteiger partial charge >= 0.3 is 0 Å². The molecule has 6 heteroatoms. The van der Waals surface area contributed by atoms with Gasteiger partial charge in [-0.3, -0.25) is 14.9 Å². The third-order valence-corrected chi connectivity index (χ3v) is 3.69. The molecule has 1 fully saturated rings. The number of piperidine rings is 1. The second-order valence-corrected chi connectivity index (χ2v) is 5.04. The van der Waals surface area contributed by atoms with E-state index >= 15 is 0 Å². The number of hydrogen-bond acceptors (Lipinski definition) is 4. The summed E-state index contributed by atoms with van der Waals surface area (Å²) in [5.74, 6) is -0.0318. The highest BCUT2D eigenvalue weighted by atomic mass is 16.6. The van der Waals surface area contributed by atoms with Crippen LogP contribution in [0.4, 0.5) is 5.69 Å². The van der Waals surface area contributed by atoms with Gasteiger partial charge in [-0.2, -0.15) is 0 Å². The SMILES string of the molecule is Cc1c(CNC(=O)[C@@H]2CCCCN2)cccc1[N+](=O)[O-]. The largest absolute Gasteiger partial charge is 0.351 e. The normalized spacial score (nSPS) is 18.6. The Morgan fingerprint density at radius 3 is 2.95 bits per heavy atom. The van der Waals surface area contributed by atoms with Crippen molar-refractivity contribution in [2.75, 3.05) is 6.54 Å². The number of rotatable bonds is 4. The summed E-state index contributed by atoms with van der Waals surface area (Å²) in [6.07, 6.45) is 3.01. The molecule has 108 valence electrons. The number of carbonyl (C=O) groups is 1. The van der Waals surface area contributed by atoms with Crippen LogP contribution in [0.5, 0.6) is 0 Å². The molecule has 1 heterocycles. The van der Waals surface area contributed by atoms with Crippen LogP contribution < -0.4 is 10.6 Å². The summed E-state index contributed by atoms with van der Waals surface area (Å²) in [5, 5.41) is 16.9. The van der Waals surface area contributed by atoms with Crippen LogP contribution in [-0.2, 0) is 11.3 Å². The second-order valence-electron chi connectivity index (χ2n) is 5.04. The van der Waals surface area contributed by atoms with Gasteiger partial charge in [0, 0.05) is 18.2 Å². The number of amides is 1. The van der Waals surface area contributed by atoms with Gasteiger partial charge in [-0.05, 0) is 31.9 Å². The number of hydrogen-bond donors (Lipinski definition) is 2. The topological polar surface area (TPSA) is 84.3 Å². The highest BCUT2D eigenvalue weighted by molar-refractivity contribution is 5.81. The summed E-state index contributed by atoms with van der Waals surface area (Å²) in [5.41, 5.74) is 1.48. The van der Waals surface area contributed by atoms with E-state index < -0.39 is 4.92 Å². The molecular formula is C14H19N3O3. The molecule has 1 aliphatic rings. The Labute approximate surface area is 117 Å². The van der Waals surface area contributed by atoms with Crippen LogP contribution >= 0.6 is 0 Å². The Balaban J connectivity index is 1.98. The highest BCUT2D eigenvalue weighted by Crippen LogP contribution is 2.20. The molecule has 1 aromatic carbocycles. The first-order valence-corrected chi connectivity index (χ1v) is 6.83. The fraction of sp³-hybridized carbons (Fsp3) is 0.500. The van der Waals surface area contributed by atoms with Gasteiger partial charge in [0.2, 0.25) is 5.91 Å². The van der Waals surface area contributed by atoms with E-state index in [9.17, 15) is 14.9 Å². The minimum atomic E-state index is -0.399. The fourth-order valence-electron chi connectivity index (χ4n) is 2.44. The number of nitro benzene ring substituents is 1. The maximum absolute atomic E-state index is 12.0. The molecule has 0 bridgehead atoms. The van der Waals surface area contributed by atoms with Crippen molar-refractivity contribution in [1.82, 2.24) is 10.6 Å². The Hall–Kier alpha value is -1.95. The first-order valence-electron chi connectivity index (χ1n) is 6.83. The molecule has 1 atom stereocenters. The molecule has 1 aromatic rings. The molecule has 0 aromatic heterocycles. The quantitative estimate of drug-likeness (QED) is 0.647. The van der Waals surface area contributed by atoms with Crippen molar-refractivity contribution < 1.29 is 9.72 Å². The van der Waals surface area contributed by atoms with E-state index in [1.54, 1.807) is 19.1 Å². The van der Waals surface area contributed by atoms with Crippen LogP contribution in [0.3, 0.4) is 0 Å². The zero-order valence-electron chi connectivity index (χ0n) is 11.5. The summed E-state index contributed by atoms with van der Waals surface area (Å²) >= 11 is 0. The van der Waals surface area contributed by atoms with Crippen LogP contribution in [0.2, 0.25) is 0 Å². The van der Waals surface area contributed by atoms with Gasteiger partial charge in [-0.15, -0.1) is 0 Å². The molecule has 20 heavy (non-hydrogen) atoms. The van der Waals surface area contributed by atoms with Gasteiger partial charge in [-0.25, -0.2) is 0 Å². The predicted octanol–water partition coefficient (Wildman–Crippen LogP) is 1.66. The summed E-state index contributed by atoms with van der Waals surface area (Å²) in [4.78, 5) is 22.5. The zero-order chi connectivity index (χ0) is 14.5. The van der Waals surface area contributed by atoms with Gasteiger partial charge in [0.25, 0.3) is 5.69 Å². The molecule has 2 rings (SSSR count). The van der Waals surface area contributed by atoms with Crippen LogP contribution in [0.1, 0.15) is 30.4 Å². The second kappa shape index (κ2) is 6.47. The van der Waals surface area contributed by atoms with Crippen LogP contribution in [-0.4, -0.2) is 23.4 Å². The van der Waals surface area contributed by atoms with E-state index in [0.29, 0.717) is 12.1 Å². The molecule has 0 radical (unpaired) electrons. The van der Waals surface area contributed by atoms with Crippen molar-refractivity contribution in [2.45, 2.75) is 38.8 Å². The lowest BCUT2D eigenvalue weighted by Gasteiger charge is -2.22. The van der Waals surface area contributed by atoms with Gasteiger partial charge in [0.05, 0.1) is 11.0 Å². The van der Waals surface area contributed by atoms with Gasteiger partial charge in [-0.1, -0.05) is 18.6 Å². The standard InChI is InChI=1S/C14H19N3O3/c1-10-11(5-4-7-13(10)17(19)20)9-16-14(18)12-6-2-3-8-15-12/h4-5,7,12,15H,2-3,6,8-9H2,1H3,(H,16,18)/t12-/m0/s1. The molecule has 0 saturated carbocycles. The Kier molecular flexibility index (Phi) is 4.68. The maximum atomic E-state index is 12.0.